The van der Waals surface area contributed by atoms with Gasteiger partial charge in [-0.25, -0.2) is 0 Å². The lowest BCUT2D eigenvalue weighted by atomic mass is 9.92. The minimum Gasteiger partial charge on any atom is -0.494 e. The Hall–Kier alpha value is -2.49. The van der Waals surface area contributed by atoms with E-state index in [2.05, 4.69) is 17.4 Å². The van der Waals surface area contributed by atoms with Crippen LogP contribution >= 0.6 is 0 Å². The van der Waals surface area contributed by atoms with E-state index in [4.69, 9.17) is 9.47 Å². The number of ether oxygens (including phenoxy) is 2. The lowest BCUT2D eigenvalue weighted by molar-refractivity contribution is -0.128. The van der Waals surface area contributed by atoms with Crippen LogP contribution in [0.4, 0.5) is 0 Å². The van der Waals surface area contributed by atoms with E-state index in [1.165, 1.54) is 24.0 Å². The van der Waals surface area contributed by atoms with Gasteiger partial charge in [-0.2, -0.15) is 0 Å². The first-order valence-corrected chi connectivity index (χ1v) is 9.98. The normalized spacial score (nSPS) is 14.1. The van der Waals surface area contributed by atoms with Crippen molar-refractivity contribution in [3.05, 3.63) is 59.2 Å². The van der Waals surface area contributed by atoms with Crippen LogP contribution in [0, 0.1) is 0 Å². The second-order valence-corrected chi connectivity index (χ2v) is 6.91. The first-order valence-electron chi connectivity index (χ1n) is 9.98. The zero-order chi connectivity index (χ0) is 19.1. The Labute approximate surface area is 161 Å². The molecule has 1 atom stereocenters. The molecule has 0 radical (unpaired) electrons. The molecule has 0 saturated carbocycles. The van der Waals surface area contributed by atoms with Crippen molar-refractivity contribution in [2.75, 3.05) is 6.61 Å². The minimum absolute atomic E-state index is 0.0958. The predicted octanol–water partition coefficient (Wildman–Crippen LogP) is 4.44. The Morgan fingerprint density at radius 1 is 1.07 bits per heavy atom. The number of fused-ring (bicyclic) bond motifs is 1. The zero-order valence-corrected chi connectivity index (χ0v) is 16.3. The molecule has 3 rings (SSSR count). The number of para-hydroxylation sites is 1. The van der Waals surface area contributed by atoms with Gasteiger partial charge in [0, 0.05) is 12.1 Å². The van der Waals surface area contributed by atoms with Gasteiger partial charge in [0.05, 0.1) is 6.61 Å². The standard InChI is InChI=1S/C23H29NO3/c1-3-21(27-20-14-13-17-9-5-6-10-18(17)15-20)23(25)24-16-19-11-7-8-12-22(19)26-4-2/h7-8,11-15,21H,3-6,9-10,16H2,1-2H3,(H,24,25)/t21-/m0/s1. The van der Waals surface area contributed by atoms with Crippen molar-refractivity contribution in [1.29, 1.82) is 0 Å². The van der Waals surface area contributed by atoms with Gasteiger partial charge in [0.15, 0.2) is 6.10 Å². The van der Waals surface area contributed by atoms with Gasteiger partial charge in [0.25, 0.3) is 5.91 Å². The van der Waals surface area contributed by atoms with Crippen LogP contribution in [0.3, 0.4) is 0 Å². The number of carbonyl (C=O) groups excluding carboxylic acids is 1. The molecule has 1 amide bonds. The van der Waals surface area contributed by atoms with Crippen LogP contribution in [-0.4, -0.2) is 18.6 Å². The van der Waals surface area contributed by atoms with Gasteiger partial charge in [0.2, 0.25) is 0 Å². The zero-order valence-electron chi connectivity index (χ0n) is 16.3. The van der Waals surface area contributed by atoms with Crippen molar-refractivity contribution < 1.29 is 14.3 Å². The molecule has 0 aliphatic heterocycles. The summed E-state index contributed by atoms with van der Waals surface area (Å²) in [6.07, 6.45) is 4.86. The minimum atomic E-state index is -0.495. The quantitative estimate of drug-likeness (QED) is 0.750. The van der Waals surface area contributed by atoms with Crippen LogP contribution in [0.25, 0.3) is 0 Å². The second-order valence-electron chi connectivity index (χ2n) is 6.91. The molecule has 0 heterocycles. The van der Waals surface area contributed by atoms with E-state index in [0.717, 1.165) is 29.9 Å². The highest BCUT2D eigenvalue weighted by Crippen LogP contribution is 2.26. The number of hydrogen-bond acceptors (Lipinski definition) is 3. The summed E-state index contributed by atoms with van der Waals surface area (Å²) in [5.41, 5.74) is 3.75. The molecule has 2 aromatic rings. The second kappa shape index (κ2) is 9.45. The molecule has 144 valence electrons. The third-order valence-electron chi connectivity index (χ3n) is 4.99. The third kappa shape index (κ3) is 5.03. The first kappa shape index (κ1) is 19.3. The van der Waals surface area contributed by atoms with Crippen LogP contribution in [0.15, 0.2) is 42.5 Å². The molecule has 0 fully saturated rings. The molecule has 1 N–H and O–H groups in total. The van der Waals surface area contributed by atoms with E-state index in [-0.39, 0.29) is 5.91 Å². The highest BCUT2D eigenvalue weighted by Gasteiger charge is 2.19. The van der Waals surface area contributed by atoms with Crippen molar-refractivity contribution in [2.45, 2.75) is 58.6 Å². The monoisotopic (exact) mass is 367 g/mol. The Morgan fingerprint density at radius 2 is 1.85 bits per heavy atom. The van der Waals surface area contributed by atoms with Crippen molar-refractivity contribution in [1.82, 2.24) is 5.32 Å². The average molecular weight is 367 g/mol. The van der Waals surface area contributed by atoms with Crippen molar-refractivity contribution in [2.24, 2.45) is 0 Å². The SMILES string of the molecule is CCOc1ccccc1CNC(=O)[C@H](CC)Oc1ccc2c(c1)CCCC2. The lowest BCUT2D eigenvalue weighted by Gasteiger charge is -2.20. The average Bonchev–Trinajstić information content (AvgIpc) is 2.71. The molecule has 0 aromatic heterocycles. The number of rotatable bonds is 8. The van der Waals surface area contributed by atoms with Crippen LogP contribution in [0.5, 0.6) is 11.5 Å². The number of hydrogen-bond donors (Lipinski definition) is 1. The van der Waals surface area contributed by atoms with E-state index < -0.39 is 6.10 Å². The van der Waals surface area contributed by atoms with E-state index in [1.54, 1.807) is 0 Å². The van der Waals surface area contributed by atoms with Gasteiger partial charge in [-0.15, -0.1) is 0 Å². The van der Waals surface area contributed by atoms with Gasteiger partial charge in [-0.3, -0.25) is 4.79 Å². The molecular weight excluding hydrogens is 338 g/mol. The van der Waals surface area contributed by atoms with Crippen LogP contribution in [0.2, 0.25) is 0 Å². The molecule has 4 nitrogen and oxygen atoms in total. The smallest absolute Gasteiger partial charge is 0.261 e. The van der Waals surface area contributed by atoms with Crippen LogP contribution in [-0.2, 0) is 24.2 Å². The summed E-state index contributed by atoms with van der Waals surface area (Å²) in [7, 11) is 0. The maximum Gasteiger partial charge on any atom is 0.261 e. The van der Waals surface area contributed by atoms with Gasteiger partial charge in [-0.05, 0) is 68.4 Å². The Bertz CT molecular complexity index is 772. The molecule has 0 saturated heterocycles. The van der Waals surface area contributed by atoms with Crippen LogP contribution in [0.1, 0.15) is 49.8 Å². The van der Waals surface area contributed by atoms with E-state index in [9.17, 15) is 4.79 Å². The van der Waals surface area contributed by atoms with Crippen LogP contribution < -0.4 is 14.8 Å². The van der Waals surface area contributed by atoms with Crippen molar-refractivity contribution in [3.8, 4) is 11.5 Å². The molecule has 0 unspecified atom stereocenters. The summed E-state index contributed by atoms with van der Waals surface area (Å²) in [4.78, 5) is 12.6. The number of amides is 1. The molecule has 2 aromatic carbocycles. The van der Waals surface area contributed by atoms with Gasteiger partial charge in [0.1, 0.15) is 11.5 Å². The molecule has 1 aliphatic carbocycles. The summed E-state index contributed by atoms with van der Waals surface area (Å²) < 4.78 is 11.6. The Kier molecular flexibility index (Phi) is 6.74. The Morgan fingerprint density at radius 3 is 2.63 bits per heavy atom. The van der Waals surface area contributed by atoms with Gasteiger partial charge < -0.3 is 14.8 Å². The maximum absolute atomic E-state index is 12.6. The topological polar surface area (TPSA) is 47.6 Å². The number of aryl methyl sites for hydroxylation is 2. The maximum atomic E-state index is 12.6. The van der Waals surface area contributed by atoms with Gasteiger partial charge in [-0.1, -0.05) is 31.2 Å². The molecule has 1 aliphatic rings. The highest BCUT2D eigenvalue weighted by atomic mass is 16.5. The fourth-order valence-corrected chi connectivity index (χ4v) is 3.51. The molecule has 0 spiro atoms. The Balaban J connectivity index is 1.61. The predicted molar refractivity (Wildman–Crippen MR) is 107 cm³/mol. The summed E-state index contributed by atoms with van der Waals surface area (Å²) in [6, 6.07) is 14.0. The largest absolute Gasteiger partial charge is 0.494 e. The fraction of sp³-hybridized carbons (Fsp3) is 0.435. The molecular formula is C23H29NO3. The van der Waals surface area contributed by atoms with Crippen molar-refractivity contribution >= 4 is 5.91 Å². The first-order chi connectivity index (χ1) is 13.2. The number of nitrogens with one attached hydrogen (secondary N) is 1. The highest BCUT2D eigenvalue weighted by molar-refractivity contribution is 5.81. The third-order valence-corrected chi connectivity index (χ3v) is 4.99. The fourth-order valence-electron chi connectivity index (χ4n) is 3.51. The van der Waals surface area contributed by atoms with E-state index in [0.29, 0.717) is 19.6 Å². The summed E-state index contributed by atoms with van der Waals surface area (Å²) in [6.45, 7) is 4.95. The van der Waals surface area contributed by atoms with Gasteiger partial charge >= 0.3 is 0 Å². The number of benzene rings is 2. The summed E-state index contributed by atoms with van der Waals surface area (Å²) in [5.74, 6) is 1.50. The molecule has 27 heavy (non-hydrogen) atoms. The van der Waals surface area contributed by atoms with E-state index >= 15 is 0 Å². The molecule has 4 heteroatoms. The van der Waals surface area contributed by atoms with E-state index in [1.807, 2.05) is 44.2 Å². The molecule has 0 bridgehead atoms. The summed E-state index contributed by atoms with van der Waals surface area (Å²) in [5, 5.41) is 2.99. The number of carbonyl (C=O) groups is 1. The summed E-state index contributed by atoms with van der Waals surface area (Å²) >= 11 is 0. The van der Waals surface area contributed by atoms with Crippen molar-refractivity contribution in [3.63, 3.8) is 0 Å². The lowest BCUT2D eigenvalue weighted by Crippen LogP contribution is -2.37.